The SMILES string of the molecule is Cc1cc(C(=O)O)cc(-n2cc(N)c(C(N)=O)n2)c1. The molecule has 98 valence electrons. The van der Waals surface area contributed by atoms with Gasteiger partial charge in [-0.1, -0.05) is 0 Å². The lowest BCUT2D eigenvalue weighted by Gasteiger charge is -2.04. The van der Waals surface area contributed by atoms with Gasteiger partial charge in [-0.15, -0.1) is 0 Å². The molecule has 2 aromatic rings. The molecule has 0 fully saturated rings. The van der Waals surface area contributed by atoms with Crippen LogP contribution in [0.1, 0.15) is 26.4 Å². The number of hydrogen-bond acceptors (Lipinski definition) is 4. The summed E-state index contributed by atoms with van der Waals surface area (Å²) >= 11 is 0. The van der Waals surface area contributed by atoms with Gasteiger partial charge in [-0.3, -0.25) is 4.79 Å². The highest BCUT2D eigenvalue weighted by molar-refractivity contribution is 5.95. The van der Waals surface area contributed by atoms with Crippen LogP contribution < -0.4 is 11.5 Å². The fourth-order valence-corrected chi connectivity index (χ4v) is 1.73. The Kier molecular flexibility index (Phi) is 2.95. The number of nitrogens with zero attached hydrogens (tertiary/aromatic N) is 2. The summed E-state index contributed by atoms with van der Waals surface area (Å²) in [6, 6.07) is 4.70. The molecular formula is C12H12N4O3. The molecular weight excluding hydrogens is 248 g/mol. The third-order valence-corrected chi connectivity index (χ3v) is 2.55. The van der Waals surface area contributed by atoms with Gasteiger partial charge < -0.3 is 16.6 Å². The average molecular weight is 260 g/mol. The van der Waals surface area contributed by atoms with Crippen LogP contribution >= 0.6 is 0 Å². The third-order valence-electron chi connectivity index (χ3n) is 2.55. The predicted octanol–water partition coefficient (Wildman–Crippen LogP) is 0.560. The Balaban J connectivity index is 2.55. The molecule has 2 rings (SSSR count). The van der Waals surface area contributed by atoms with E-state index in [1.165, 1.54) is 23.0 Å². The zero-order chi connectivity index (χ0) is 14.2. The van der Waals surface area contributed by atoms with Gasteiger partial charge >= 0.3 is 5.97 Å². The van der Waals surface area contributed by atoms with Crippen LogP contribution in [0.15, 0.2) is 24.4 Å². The Morgan fingerprint density at radius 1 is 1.32 bits per heavy atom. The lowest BCUT2D eigenvalue weighted by molar-refractivity contribution is 0.0696. The van der Waals surface area contributed by atoms with Crippen LogP contribution in [0.25, 0.3) is 5.69 Å². The van der Waals surface area contributed by atoms with Crippen molar-refractivity contribution < 1.29 is 14.7 Å². The van der Waals surface area contributed by atoms with E-state index in [0.717, 1.165) is 5.56 Å². The van der Waals surface area contributed by atoms with Crippen molar-refractivity contribution >= 4 is 17.6 Å². The number of aromatic carboxylic acids is 1. The van der Waals surface area contributed by atoms with Crippen LogP contribution in [0.5, 0.6) is 0 Å². The third kappa shape index (κ3) is 2.39. The van der Waals surface area contributed by atoms with Gasteiger partial charge in [0.1, 0.15) is 0 Å². The quantitative estimate of drug-likeness (QED) is 0.743. The molecule has 7 heteroatoms. The Morgan fingerprint density at radius 2 is 2.00 bits per heavy atom. The second kappa shape index (κ2) is 4.45. The smallest absolute Gasteiger partial charge is 0.335 e. The van der Waals surface area contributed by atoms with Gasteiger partial charge in [0, 0.05) is 0 Å². The molecule has 1 amide bonds. The topological polar surface area (TPSA) is 124 Å². The Bertz CT molecular complexity index is 676. The van der Waals surface area contributed by atoms with E-state index in [2.05, 4.69) is 5.10 Å². The van der Waals surface area contributed by atoms with Gasteiger partial charge in [0.2, 0.25) is 0 Å². The first-order chi connectivity index (χ1) is 8.88. The summed E-state index contributed by atoms with van der Waals surface area (Å²) in [5.41, 5.74) is 12.2. The Labute approximate surface area is 108 Å². The maximum atomic E-state index is 11.1. The van der Waals surface area contributed by atoms with Crippen molar-refractivity contribution in [3.05, 3.63) is 41.2 Å². The van der Waals surface area contributed by atoms with Crippen LogP contribution in [0.3, 0.4) is 0 Å². The molecule has 0 spiro atoms. The molecule has 19 heavy (non-hydrogen) atoms. The minimum absolute atomic E-state index is 0.0432. The maximum absolute atomic E-state index is 11.1. The highest BCUT2D eigenvalue weighted by atomic mass is 16.4. The second-order valence-corrected chi connectivity index (χ2v) is 4.10. The highest BCUT2D eigenvalue weighted by Crippen LogP contribution is 2.17. The predicted molar refractivity (Wildman–Crippen MR) is 68.2 cm³/mol. The van der Waals surface area contributed by atoms with Crippen LogP contribution in [0.2, 0.25) is 0 Å². The molecule has 5 N–H and O–H groups in total. The molecule has 1 aromatic heterocycles. The molecule has 0 bridgehead atoms. The number of carboxylic acids is 1. The molecule has 0 atom stereocenters. The number of nitrogen functional groups attached to an aromatic ring is 1. The fraction of sp³-hybridized carbons (Fsp3) is 0.0833. The summed E-state index contributed by atoms with van der Waals surface area (Å²) in [5, 5.41) is 12.9. The van der Waals surface area contributed by atoms with Gasteiger partial charge in [-0.2, -0.15) is 5.10 Å². The monoisotopic (exact) mass is 260 g/mol. The summed E-state index contributed by atoms with van der Waals surface area (Å²) in [7, 11) is 0. The number of carbonyl (C=O) groups excluding carboxylic acids is 1. The molecule has 7 nitrogen and oxygen atoms in total. The van der Waals surface area contributed by atoms with E-state index < -0.39 is 11.9 Å². The van der Waals surface area contributed by atoms with Crippen LogP contribution in [0.4, 0.5) is 5.69 Å². The first-order valence-electron chi connectivity index (χ1n) is 5.39. The van der Waals surface area contributed by atoms with Crippen molar-refractivity contribution in [2.24, 2.45) is 5.73 Å². The number of primary amides is 1. The van der Waals surface area contributed by atoms with Crippen molar-refractivity contribution in [3.63, 3.8) is 0 Å². The molecule has 1 heterocycles. The van der Waals surface area contributed by atoms with Gasteiger partial charge in [0.15, 0.2) is 5.69 Å². The van der Waals surface area contributed by atoms with Crippen LogP contribution in [-0.4, -0.2) is 26.8 Å². The van der Waals surface area contributed by atoms with Gasteiger partial charge in [0.05, 0.1) is 23.1 Å². The minimum atomic E-state index is -1.04. The molecule has 1 aromatic carbocycles. The second-order valence-electron chi connectivity index (χ2n) is 4.10. The summed E-state index contributed by atoms with van der Waals surface area (Å²) in [4.78, 5) is 22.1. The summed E-state index contributed by atoms with van der Waals surface area (Å²) in [6.07, 6.45) is 1.42. The normalized spacial score (nSPS) is 10.4. The number of aryl methyl sites for hydroxylation is 1. The van der Waals surface area contributed by atoms with Crippen LogP contribution in [-0.2, 0) is 0 Å². The lowest BCUT2D eigenvalue weighted by atomic mass is 10.1. The maximum Gasteiger partial charge on any atom is 0.335 e. The fourth-order valence-electron chi connectivity index (χ4n) is 1.73. The number of carbonyl (C=O) groups is 2. The minimum Gasteiger partial charge on any atom is -0.478 e. The Hall–Kier alpha value is -2.83. The number of aromatic nitrogens is 2. The van der Waals surface area contributed by atoms with Crippen molar-refractivity contribution in [1.82, 2.24) is 9.78 Å². The number of carboxylic acid groups (broad SMARTS) is 1. The summed E-state index contributed by atoms with van der Waals surface area (Å²) in [5.74, 6) is -1.78. The zero-order valence-corrected chi connectivity index (χ0v) is 10.1. The van der Waals surface area contributed by atoms with E-state index in [1.54, 1.807) is 13.0 Å². The molecule has 0 unspecified atom stereocenters. The van der Waals surface area contributed by atoms with Gasteiger partial charge in [0.25, 0.3) is 5.91 Å². The first-order valence-corrected chi connectivity index (χ1v) is 5.39. The lowest BCUT2D eigenvalue weighted by Crippen LogP contribution is -2.14. The van der Waals surface area contributed by atoms with E-state index >= 15 is 0 Å². The number of amides is 1. The summed E-state index contributed by atoms with van der Waals surface area (Å²) < 4.78 is 1.33. The number of benzene rings is 1. The molecule has 0 saturated heterocycles. The van der Waals surface area contributed by atoms with Crippen LogP contribution in [0, 0.1) is 6.92 Å². The first kappa shape index (κ1) is 12.6. The van der Waals surface area contributed by atoms with E-state index in [4.69, 9.17) is 16.6 Å². The molecule has 0 aliphatic heterocycles. The van der Waals surface area contributed by atoms with E-state index in [9.17, 15) is 9.59 Å². The van der Waals surface area contributed by atoms with Crippen molar-refractivity contribution in [2.75, 3.05) is 5.73 Å². The highest BCUT2D eigenvalue weighted by Gasteiger charge is 2.13. The number of hydrogen-bond donors (Lipinski definition) is 3. The van der Waals surface area contributed by atoms with Crippen molar-refractivity contribution in [3.8, 4) is 5.69 Å². The number of rotatable bonds is 3. The average Bonchev–Trinajstić information content (AvgIpc) is 2.70. The number of anilines is 1. The molecule has 0 radical (unpaired) electrons. The molecule has 0 aliphatic carbocycles. The van der Waals surface area contributed by atoms with Crippen molar-refractivity contribution in [1.29, 1.82) is 0 Å². The largest absolute Gasteiger partial charge is 0.478 e. The van der Waals surface area contributed by atoms with E-state index in [0.29, 0.717) is 5.69 Å². The molecule has 0 aliphatic rings. The van der Waals surface area contributed by atoms with Crippen molar-refractivity contribution in [2.45, 2.75) is 6.92 Å². The Morgan fingerprint density at radius 3 is 2.53 bits per heavy atom. The standard InChI is InChI=1S/C12H12N4O3/c1-6-2-7(12(18)19)4-8(3-6)16-5-9(13)10(15-16)11(14)17/h2-5H,13H2,1H3,(H2,14,17)(H,18,19). The zero-order valence-electron chi connectivity index (χ0n) is 10.1. The van der Waals surface area contributed by atoms with E-state index in [1.807, 2.05) is 0 Å². The number of nitrogens with two attached hydrogens (primary N) is 2. The summed E-state index contributed by atoms with van der Waals surface area (Å²) in [6.45, 7) is 1.76. The van der Waals surface area contributed by atoms with Gasteiger partial charge in [-0.25, -0.2) is 9.48 Å². The van der Waals surface area contributed by atoms with Gasteiger partial charge in [-0.05, 0) is 30.7 Å². The molecule has 0 saturated carbocycles. The van der Waals surface area contributed by atoms with E-state index in [-0.39, 0.29) is 16.9 Å².